The van der Waals surface area contributed by atoms with Gasteiger partial charge in [0.15, 0.2) is 0 Å². The highest BCUT2D eigenvalue weighted by Gasteiger charge is 2.39. The number of rotatable bonds is 7. The lowest BCUT2D eigenvalue weighted by atomic mass is 9.94. The fraction of sp³-hybridized carbons (Fsp3) is 0.640. The van der Waals surface area contributed by atoms with E-state index in [0.29, 0.717) is 42.9 Å². The van der Waals surface area contributed by atoms with Gasteiger partial charge < -0.3 is 35.2 Å². The van der Waals surface area contributed by atoms with Gasteiger partial charge in [-0.25, -0.2) is 4.79 Å². The number of carbonyl (C=O) groups excluding carboxylic acids is 3. The maximum Gasteiger partial charge on any atom is 0.319 e. The van der Waals surface area contributed by atoms with Crippen LogP contribution in [0.5, 0.6) is 5.75 Å². The number of carbonyl (C=O) groups is 3. The van der Waals surface area contributed by atoms with Crippen molar-refractivity contribution in [1.82, 2.24) is 20.4 Å². The minimum absolute atomic E-state index is 0.00123. The summed E-state index contributed by atoms with van der Waals surface area (Å²) in [6.07, 6.45) is 3.71. The topological polar surface area (TPSA) is 112 Å². The van der Waals surface area contributed by atoms with Crippen LogP contribution in [0.1, 0.15) is 49.4 Å². The second-order valence-corrected chi connectivity index (χ2v) is 9.47. The number of anilines is 1. The third-order valence-electron chi connectivity index (χ3n) is 6.97. The number of benzene rings is 1. The molecule has 0 saturated carbocycles. The number of nitrogens with one attached hydrogen (secondary N) is 3. The first-order chi connectivity index (χ1) is 16.9. The monoisotopic (exact) mass is 487 g/mol. The van der Waals surface area contributed by atoms with Crippen molar-refractivity contribution in [3.63, 3.8) is 0 Å². The second kappa shape index (κ2) is 11.7. The molecule has 1 aromatic carbocycles. The lowest BCUT2D eigenvalue weighted by molar-refractivity contribution is -0.134. The number of nitrogens with zero attached hydrogens (tertiary/aromatic N) is 2. The molecule has 4 amide bonds. The molecule has 2 fully saturated rings. The van der Waals surface area contributed by atoms with E-state index in [9.17, 15) is 14.4 Å². The number of fused-ring (bicyclic) bond motifs is 2. The van der Waals surface area contributed by atoms with Gasteiger partial charge in [0.2, 0.25) is 5.91 Å². The molecule has 4 rings (SSSR count). The highest BCUT2D eigenvalue weighted by molar-refractivity contribution is 5.99. The van der Waals surface area contributed by atoms with Gasteiger partial charge in [-0.2, -0.15) is 0 Å². The number of likely N-dealkylation sites (N-methyl/N-ethyl adjacent to an activating group) is 1. The van der Waals surface area contributed by atoms with E-state index in [1.54, 1.807) is 30.1 Å². The van der Waals surface area contributed by atoms with Crippen molar-refractivity contribution in [2.75, 3.05) is 51.7 Å². The summed E-state index contributed by atoms with van der Waals surface area (Å²) in [5.74, 6) is 0.268. The van der Waals surface area contributed by atoms with Crippen LogP contribution >= 0.6 is 0 Å². The highest BCUT2D eigenvalue weighted by atomic mass is 16.5. The van der Waals surface area contributed by atoms with Crippen LogP contribution in [0.15, 0.2) is 18.2 Å². The molecule has 3 atom stereocenters. The van der Waals surface area contributed by atoms with E-state index in [4.69, 9.17) is 9.47 Å². The highest BCUT2D eigenvalue weighted by Crippen LogP contribution is 2.32. The van der Waals surface area contributed by atoms with Crippen LogP contribution in [-0.4, -0.2) is 92.3 Å². The van der Waals surface area contributed by atoms with Crippen LogP contribution in [0.25, 0.3) is 0 Å². The van der Waals surface area contributed by atoms with Gasteiger partial charge in [-0.1, -0.05) is 0 Å². The molecule has 0 bridgehead atoms. The zero-order valence-electron chi connectivity index (χ0n) is 20.7. The maximum absolute atomic E-state index is 13.3. The molecule has 3 aliphatic rings. The van der Waals surface area contributed by atoms with Crippen LogP contribution < -0.4 is 20.7 Å². The molecule has 0 radical (unpaired) electrons. The van der Waals surface area contributed by atoms with Crippen molar-refractivity contribution in [3.8, 4) is 5.75 Å². The average molecular weight is 488 g/mol. The molecule has 35 heavy (non-hydrogen) atoms. The molecule has 2 saturated heterocycles. The first-order valence-corrected chi connectivity index (χ1v) is 12.7. The number of ether oxygens (including phenoxy) is 2. The normalized spacial score (nSPS) is 24.5. The van der Waals surface area contributed by atoms with E-state index in [2.05, 4.69) is 20.9 Å². The number of hydrogen-bond donors (Lipinski definition) is 3. The summed E-state index contributed by atoms with van der Waals surface area (Å²) in [4.78, 5) is 41.7. The Morgan fingerprint density at radius 2 is 1.94 bits per heavy atom. The molecule has 1 aromatic rings. The van der Waals surface area contributed by atoms with Gasteiger partial charge in [0, 0.05) is 32.4 Å². The molecule has 10 heteroatoms. The van der Waals surface area contributed by atoms with E-state index >= 15 is 0 Å². The molecular weight excluding hydrogens is 450 g/mol. The predicted octanol–water partition coefficient (Wildman–Crippen LogP) is 1.81. The molecule has 3 aliphatic heterocycles. The predicted molar refractivity (Wildman–Crippen MR) is 132 cm³/mol. The first-order valence-electron chi connectivity index (χ1n) is 12.7. The zero-order chi connectivity index (χ0) is 24.8. The van der Waals surface area contributed by atoms with Gasteiger partial charge in [-0.05, 0) is 63.9 Å². The Hall–Kier alpha value is -2.85. The minimum Gasteiger partial charge on any atom is -0.490 e. The Morgan fingerprint density at radius 1 is 1.14 bits per heavy atom. The molecule has 3 heterocycles. The van der Waals surface area contributed by atoms with Crippen LogP contribution in [-0.2, 0) is 9.53 Å². The van der Waals surface area contributed by atoms with Gasteiger partial charge in [0.25, 0.3) is 5.91 Å². The largest absolute Gasteiger partial charge is 0.490 e. The Kier molecular flexibility index (Phi) is 8.46. The van der Waals surface area contributed by atoms with Crippen molar-refractivity contribution < 1.29 is 23.9 Å². The second-order valence-electron chi connectivity index (χ2n) is 9.47. The minimum atomic E-state index is -0.327. The summed E-state index contributed by atoms with van der Waals surface area (Å²) in [6, 6.07) is 4.56. The first kappa shape index (κ1) is 25.2. The lowest BCUT2D eigenvalue weighted by Gasteiger charge is -2.42. The Balaban J connectivity index is 1.34. The zero-order valence-corrected chi connectivity index (χ0v) is 20.7. The Bertz CT molecular complexity index is 920. The summed E-state index contributed by atoms with van der Waals surface area (Å²) in [5.41, 5.74) is 0.924. The Labute approximate surface area is 206 Å². The van der Waals surface area contributed by atoms with Crippen molar-refractivity contribution in [1.29, 1.82) is 0 Å². The van der Waals surface area contributed by atoms with Gasteiger partial charge in [-0.3, -0.25) is 9.59 Å². The van der Waals surface area contributed by atoms with E-state index in [-0.39, 0.29) is 42.7 Å². The number of hydrogen-bond acceptors (Lipinski definition) is 6. The fourth-order valence-corrected chi connectivity index (χ4v) is 5.08. The van der Waals surface area contributed by atoms with Gasteiger partial charge in [0.1, 0.15) is 18.5 Å². The van der Waals surface area contributed by atoms with Crippen molar-refractivity contribution >= 4 is 23.5 Å². The molecule has 10 nitrogen and oxygen atoms in total. The lowest BCUT2D eigenvalue weighted by Crippen LogP contribution is -2.54. The third kappa shape index (κ3) is 6.43. The average Bonchev–Trinajstić information content (AvgIpc) is 3.35. The van der Waals surface area contributed by atoms with E-state index in [1.165, 1.54) is 12.8 Å². The molecule has 0 spiro atoms. The summed E-state index contributed by atoms with van der Waals surface area (Å²) >= 11 is 0. The summed E-state index contributed by atoms with van der Waals surface area (Å²) in [6.45, 7) is 6.41. The van der Waals surface area contributed by atoms with E-state index in [1.807, 2.05) is 6.92 Å². The molecule has 0 aromatic heterocycles. The molecule has 192 valence electrons. The summed E-state index contributed by atoms with van der Waals surface area (Å²) in [7, 11) is 1.77. The van der Waals surface area contributed by atoms with Gasteiger partial charge >= 0.3 is 6.03 Å². The Morgan fingerprint density at radius 3 is 2.71 bits per heavy atom. The van der Waals surface area contributed by atoms with Crippen LogP contribution in [0, 0.1) is 0 Å². The van der Waals surface area contributed by atoms with E-state index < -0.39 is 0 Å². The number of likely N-dealkylation sites (tertiary alicyclic amines) is 1. The molecule has 0 unspecified atom stereocenters. The van der Waals surface area contributed by atoms with Crippen molar-refractivity contribution in [2.24, 2.45) is 0 Å². The smallest absolute Gasteiger partial charge is 0.319 e. The fourth-order valence-electron chi connectivity index (χ4n) is 5.08. The number of urea groups is 1. The molecule has 3 N–H and O–H groups in total. The van der Waals surface area contributed by atoms with Crippen LogP contribution in [0.2, 0.25) is 0 Å². The van der Waals surface area contributed by atoms with Crippen LogP contribution in [0.4, 0.5) is 10.5 Å². The quantitative estimate of drug-likeness (QED) is 0.541. The van der Waals surface area contributed by atoms with Gasteiger partial charge in [-0.15, -0.1) is 0 Å². The SMILES string of the molecule is CCNC(=O)Nc1ccc2c(c1)C(=O)N(C)[C@H]1CC[C@@H](CC(=O)NCCN3CCCC3)O[C@H]1CO2. The maximum atomic E-state index is 13.3. The van der Waals surface area contributed by atoms with Crippen molar-refractivity contribution in [2.45, 2.75) is 57.3 Å². The van der Waals surface area contributed by atoms with Crippen molar-refractivity contribution in [3.05, 3.63) is 23.8 Å². The standard InChI is InChI=1S/C25H37N5O5/c1-3-26-25(33)28-17-6-9-21-19(14-17)24(32)29(2)20-8-7-18(35-22(20)16-34-21)15-23(31)27-10-13-30-11-4-5-12-30/h6,9,14,18,20,22H,3-5,7-8,10-13,15-16H2,1-2H3,(H,27,31)(H2,26,28,33)/t18-,20-,22-/m0/s1. The van der Waals surface area contributed by atoms with E-state index in [0.717, 1.165) is 26.1 Å². The molecule has 0 aliphatic carbocycles. The summed E-state index contributed by atoms with van der Waals surface area (Å²) < 4.78 is 12.3. The molecular formula is C25H37N5O5. The number of amides is 4. The summed E-state index contributed by atoms with van der Waals surface area (Å²) in [5, 5.41) is 8.42. The van der Waals surface area contributed by atoms with Crippen LogP contribution in [0.3, 0.4) is 0 Å². The van der Waals surface area contributed by atoms with Gasteiger partial charge in [0.05, 0.1) is 24.1 Å². The third-order valence-corrected chi connectivity index (χ3v) is 6.97.